The van der Waals surface area contributed by atoms with Crippen LogP contribution in [0.2, 0.25) is 0 Å². The van der Waals surface area contributed by atoms with Crippen LogP contribution in [-0.4, -0.2) is 23.3 Å². The van der Waals surface area contributed by atoms with Crippen LogP contribution in [-0.2, 0) is 6.54 Å². The second-order valence-corrected chi connectivity index (χ2v) is 4.81. The molecule has 5 heteroatoms. The summed E-state index contributed by atoms with van der Waals surface area (Å²) in [6.45, 7) is 1.56. The minimum atomic E-state index is 0. The average molecular weight is 319 g/mol. The van der Waals surface area contributed by atoms with Crippen LogP contribution in [0.5, 0.6) is 11.5 Å². The zero-order chi connectivity index (χ0) is 14.5. The standard InChI is InChI=1S/C17H18N2O2.ClH/c1-20-14-6-4-7-15(12-14)21-11-5-10-19-13-18-16-8-2-3-9-17(16)19;/h2-4,6-9,12-13H,5,10-11H2,1H3;1H. The van der Waals surface area contributed by atoms with Gasteiger partial charge in [0.25, 0.3) is 0 Å². The van der Waals surface area contributed by atoms with Crippen molar-refractivity contribution in [3.05, 3.63) is 54.9 Å². The topological polar surface area (TPSA) is 36.3 Å². The molecule has 116 valence electrons. The molecule has 4 nitrogen and oxygen atoms in total. The van der Waals surface area contributed by atoms with E-state index in [1.807, 2.05) is 48.8 Å². The first kappa shape index (κ1) is 16.2. The maximum absolute atomic E-state index is 5.75. The number of aryl methyl sites for hydroxylation is 1. The van der Waals surface area contributed by atoms with Crippen LogP contribution in [0.3, 0.4) is 0 Å². The van der Waals surface area contributed by atoms with E-state index in [0.29, 0.717) is 6.61 Å². The molecule has 0 aliphatic carbocycles. The second-order valence-electron chi connectivity index (χ2n) is 4.81. The van der Waals surface area contributed by atoms with Gasteiger partial charge in [-0.25, -0.2) is 4.98 Å². The van der Waals surface area contributed by atoms with E-state index in [2.05, 4.69) is 15.6 Å². The lowest BCUT2D eigenvalue weighted by Crippen LogP contribution is -2.03. The zero-order valence-corrected chi connectivity index (χ0v) is 13.3. The molecular weight excluding hydrogens is 300 g/mol. The first-order valence-corrected chi connectivity index (χ1v) is 7.03. The molecule has 0 amide bonds. The van der Waals surface area contributed by atoms with Gasteiger partial charge >= 0.3 is 0 Å². The van der Waals surface area contributed by atoms with Gasteiger partial charge in [0.1, 0.15) is 11.5 Å². The van der Waals surface area contributed by atoms with E-state index in [1.54, 1.807) is 7.11 Å². The van der Waals surface area contributed by atoms with Crippen LogP contribution >= 0.6 is 12.4 Å². The van der Waals surface area contributed by atoms with Crippen LogP contribution in [0.25, 0.3) is 11.0 Å². The van der Waals surface area contributed by atoms with E-state index in [9.17, 15) is 0 Å². The summed E-state index contributed by atoms with van der Waals surface area (Å²) in [5.41, 5.74) is 2.20. The van der Waals surface area contributed by atoms with Crippen LogP contribution in [0.1, 0.15) is 6.42 Å². The SMILES string of the molecule is COc1cccc(OCCCn2cnc3ccccc32)c1.Cl. The monoisotopic (exact) mass is 318 g/mol. The van der Waals surface area contributed by atoms with Crippen molar-refractivity contribution in [2.24, 2.45) is 0 Å². The maximum Gasteiger partial charge on any atom is 0.122 e. The summed E-state index contributed by atoms with van der Waals surface area (Å²) in [7, 11) is 1.66. The fourth-order valence-electron chi connectivity index (χ4n) is 2.30. The van der Waals surface area contributed by atoms with Gasteiger partial charge in [0, 0.05) is 12.6 Å². The Kier molecular flexibility index (Phi) is 5.67. The maximum atomic E-state index is 5.75. The molecule has 0 saturated carbocycles. The van der Waals surface area contributed by atoms with E-state index >= 15 is 0 Å². The Hall–Kier alpha value is -2.20. The molecule has 2 aromatic carbocycles. The molecule has 0 saturated heterocycles. The summed E-state index contributed by atoms with van der Waals surface area (Å²) in [6, 6.07) is 15.8. The van der Waals surface area contributed by atoms with E-state index < -0.39 is 0 Å². The Bertz CT molecular complexity index is 727. The number of hydrogen-bond acceptors (Lipinski definition) is 3. The molecule has 3 rings (SSSR count). The first-order valence-electron chi connectivity index (χ1n) is 7.03. The third-order valence-corrected chi connectivity index (χ3v) is 3.38. The predicted molar refractivity (Wildman–Crippen MR) is 90.1 cm³/mol. The minimum absolute atomic E-state index is 0. The Morgan fingerprint density at radius 3 is 2.73 bits per heavy atom. The van der Waals surface area contributed by atoms with Crippen molar-refractivity contribution < 1.29 is 9.47 Å². The van der Waals surface area contributed by atoms with Gasteiger partial charge in [0.2, 0.25) is 0 Å². The highest BCUT2D eigenvalue weighted by atomic mass is 35.5. The largest absolute Gasteiger partial charge is 0.497 e. The number of aromatic nitrogens is 2. The van der Waals surface area contributed by atoms with Crippen LogP contribution < -0.4 is 9.47 Å². The Morgan fingerprint density at radius 1 is 1.05 bits per heavy atom. The number of fused-ring (bicyclic) bond motifs is 1. The molecule has 0 spiro atoms. The van der Waals surface area contributed by atoms with Gasteiger partial charge in [-0.2, -0.15) is 0 Å². The lowest BCUT2D eigenvalue weighted by atomic mass is 10.3. The van der Waals surface area contributed by atoms with Crippen molar-refractivity contribution in [2.75, 3.05) is 13.7 Å². The van der Waals surface area contributed by atoms with E-state index in [1.165, 1.54) is 5.52 Å². The summed E-state index contributed by atoms with van der Waals surface area (Å²) in [4.78, 5) is 4.38. The molecule has 1 heterocycles. The lowest BCUT2D eigenvalue weighted by Gasteiger charge is -2.08. The van der Waals surface area contributed by atoms with Gasteiger partial charge in [0.05, 0.1) is 31.1 Å². The number of imidazole rings is 1. The molecule has 0 atom stereocenters. The van der Waals surface area contributed by atoms with Gasteiger partial charge < -0.3 is 14.0 Å². The fraction of sp³-hybridized carbons (Fsp3) is 0.235. The van der Waals surface area contributed by atoms with Gasteiger partial charge in [-0.1, -0.05) is 18.2 Å². The summed E-state index contributed by atoms with van der Waals surface area (Å²) in [6.07, 6.45) is 2.81. The predicted octanol–water partition coefficient (Wildman–Crippen LogP) is 3.94. The number of hydrogen-bond donors (Lipinski definition) is 0. The van der Waals surface area contributed by atoms with Gasteiger partial charge in [0.15, 0.2) is 0 Å². The normalized spacial score (nSPS) is 10.2. The number of ether oxygens (including phenoxy) is 2. The number of halogens is 1. The molecule has 0 aliphatic rings. The molecule has 3 aromatic rings. The van der Waals surface area contributed by atoms with Crippen LogP contribution in [0, 0.1) is 0 Å². The van der Waals surface area contributed by atoms with Crippen molar-refractivity contribution in [3.63, 3.8) is 0 Å². The van der Waals surface area contributed by atoms with Gasteiger partial charge in [-0.05, 0) is 30.7 Å². The highest BCUT2D eigenvalue weighted by molar-refractivity contribution is 5.85. The average Bonchev–Trinajstić information content (AvgIpc) is 2.95. The zero-order valence-electron chi connectivity index (χ0n) is 12.4. The smallest absolute Gasteiger partial charge is 0.122 e. The van der Waals surface area contributed by atoms with E-state index in [4.69, 9.17) is 9.47 Å². The van der Waals surface area contributed by atoms with Gasteiger partial charge in [-0.15, -0.1) is 12.4 Å². The summed E-state index contributed by atoms with van der Waals surface area (Å²) >= 11 is 0. The van der Waals surface area contributed by atoms with Gasteiger partial charge in [-0.3, -0.25) is 0 Å². The number of benzene rings is 2. The van der Waals surface area contributed by atoms with Crippen LogP contribution in [0.15, 0.2) is 54.9 Å². The van der Waals surface area contributed by atoms with Crippen LogP contribution in [0.4, 0.5) is 0 Å². The third-order valence-electron chi connectivity index (χ3n) is 3.38. The Balaban J connectivity index is 0.00000176. The number of para-hydroxylation sites is 2. The molecule has 0 N–H and O–H groups in total. The number of methoxy groups -OCH3 is 1. The molecule has 0 fully saturated rings. The molecule has 0 bridgehead atoms. The Labute approximate surface area is 136 Å². The molecule has 22 heavy (non-hydrogen) atoms. The molecular formula is C17H19ClN2O2. The fourth-order valence-corrected chi connectivity index (χ4v) is 2.30. The highest BCUT2D eigenvalue weighted by Gasteiger charge is 2.01. The van der Waals surface area contributed by atoms with Crippen molar-refractivity contribution in [1.82, 2.24) is 9.55 Å². The van der Waals surface area contributed by atoms with E-state index in [0.717, 1.165) is 30.0 Å². The summed E-state index contributed by atoms with van der Waals surface area (Å²) < 4.78 is 13.1. The molecule has 0 radical (unpaired) electrons. The van der Waals surface area contributed by atoms with E-state index in [-0.39, 0.29) is 12.4 Å². The minimum Gasteiger partial charge on any atom is -0.497 e. The van der Waals surface area contributed by atoms with Crippen molar-refractivity contribution in [1.29, 1.82) is 0 Å². The first-order chi connectivity index (χ1) is 10.4. The molecule has 0 unspecified atom stereocenters. The number of nitrogens with zero attached hydrogens (tertiary/aromatic N) is 2. The Morgan fingerprint density at radius 2 is 1.86 bits per heavy atom. The quantitative estimate of drug-likeness (QED) is 0.646. The summed E-state index contributed by atoms with van der Waals surface area (Å²) in [5, 5.41) is 0. The molecule has 1 aromatic heterocycles. The third kappa shape index (κ3) is 3.71. The van der Waals surface area contributed by atoms with Crippen molar-refractivity contribution in [3.8, 4) is 11.5 Å². The highest BCUT2D eigenvalue weighted by Crippen LogP contribution is 2.19. The van der Waals surface area contributed by atoms with Crippen molar-refractivity contribution in [2.45, 2.75) is 13.0 Å². The van der Waals surface area contributed by atoms with Crippen molar-refractivity contribution >= 4 is 23.4 Å². The molecule has 0 aliphatic heterocycles. The summed E-state index contributed by atoms with van der Waals surface area (Å²) in [5.74, 6) is 1.65. The number of rotatable bonds is 6. The second kappa shape index (κ2) is 7.71. The lowest BCUT2D eigenvalue weighted by molar-refractivity contribution is 0.300.